The van der Waals surface area contributed by atoms with Crippen molar-refractivity contribution in [3.63, 3.8) is 0 Å². The van der Waals surface area contributed by atoms with Gasteiger partial charge in [0, 0.05) is 64.6 Å². The van der Waals surface area contributed by atoms with Crippen molar-refractivity contribution in [2.24, 2.45) is 0 Å². The zero-order valence-electron chi connectivity index (χ0n) is 19.1. The lowest BCUT2D eigenvalue weighted by atomic mass is 9.98. The molecule has 186 valence electrons. The molecule has 1 aliphatic heterocycles. The first kappa shape index (κ1) is 24.8. The van der Waals surface area contributed by atoms with Crippen LogP contribution in [-0.4, -0.2) is 76.9 Å². The van der Waals surface area contributed by atoms with Crippen LogP contribution in [0.25, 0.3) is 22.6 Å². The number of rotatable bonds is 8. The van der Waals surface area contributed by atoms with Crippen molar-refractivity contribution >= 4 is 38.4 Å². The van der Waals surface area contributed by atoms with Crippen molar-refractivity contribution in [2.45, 2.75) is 6.54 Å². The van der Waals surface area contributed by atoms with Crippen LogP contribution in [0.5, 0.6) is 5.88 Å². The van der Waals surface area contributed by atoms with Crippen LogP contribution in [0, 0.1) is 5.41 Å². The number of nitrogens with two attached hydrogens (primary N) is 1. The Kier molecular flexibility index (Phi) is 7.14. The van der Waals surface area contributed by atoms with E-state index in [-0.39, 0.29) is 17.5 Å². The molecule has 1 aliphatic rings. The van der Waals surface area contributed by atoms with E-state index in [2.05, 4.69) is 24.8 Å². The van der Waals surface area contributed by atoms with Crippen LogP contribution in [0.3, 0.4) is 0 Å². The topological polar surface area (TPSA) is 177 Å². The number of nitrogen functional groups attached to an aromatic ring is 1. The minimum absolute atomic E-state index is 0.117. The number of pyridine rings is 1. The third kappa shape index (κ3) is 5.83. The second-order valence-corrected chi connectivity index (χ2v) is 11.4. The number of nitrogens with one attached hydrogen (secondary N) is 2. The second-order valence-electron chi connectivity index (χ2n) is 7.95. The predicted octanol–water partition coefficient (Wildman–Crippen LogP) is 1.32. The minimum atomic E-state index is -3.57. The summed E-state index contributed by atoms with van der Waals surface area (Å²) in [4.78, 5) is 6.29. The van der Waals surface area contributed by atoms with Gasteiger partial charge in [-0.25, -0.2) is 13.4 Å². The number of sulfonamides is 1. The average molecular weight is 520 g/mol. The SMILES string of the molecule is COc1ncc(-c2cc(N)c(C=N)c(-c3nnc(CN4CCS(=O)CC4)o3)c2)cc1NS(C)(=O)=O. The summed E-state index contributed by atoms with van der Waals surface area (Å²) in [6.45, 7) is 1.81. The fourth-order valence-electron chi connectivity index (χ4n) is 3.68. The molecule has 0 unspecified atom stereocenters. The number of anilines is 2. The lowest BCUT2D eigenvalue weighted by Gasteiger charge is -2.24. The monoisotopic (exact) mass is 519 g/mol. The fraction of sp³-hybridized carbons (Fsp3) is 0.333. The molecule has 1 aromatic carbocycles. The molecule has 1 saturated heterocycles. The maximum atomic E-state index is 11.8. The lowest BCUT2D eigenvalue weighted by molar-refractivity contribution is 0.261. The van der Waals surface area contributed by atoms with Gasteiger partial charge in [0.15, 0.2) is 0 Å². The molecule has 3 heterocycles. The van der Waals surface area contributed by atoms with Crippen LogP contribution in [0.4, 0.5) is 11.4 Å². The van der Waals surface area contributed by atoms with Crippen LogP contribution >= 0.6 is 0 Å². The zero-order valence-corrected chi connectivity index (χ0v) is 20.8. The lowest BCUT2D eigenvalue weighted by Crippen LogP contribution is -2.37. The molecule has 0 radical (unpaired) electrons. The highest BCUT2D eigenvalue weighted by Gasteiger charge is 2.21. The van der Waals surface area contributed by atoms with Crippen molar-refractivity contribution in [3.8, 4) is 28.5 Å². The number of hydrogen-bond donors (Lipinski definition) is 3. The first-order chi connectivity index (χ1) is 16.7. The van der Waals surface area contributed by atoms with Crippen LogP contribution in [-0.2, 0) is 27.4 Å². The van der Waals surface area contributed by atoms with Gasteiger partial charge in [0.2, 0.25) is 27.7 Å². The molecule has 14 heteroatoms. The maximum Gasteiger partial charge on any atom is 0.248 e. The Morgan fingerprint density at radius 2 is 2.00 bits per heavy atom. The Morgan fingerprint density at radius 1 is 1.26 bits per heavy atom. The summed E-state index contributed by atoms with van der Waals surface area (Å²) in [5.41, 5.74) is 8.75. The predicted molar refractivity (Wildman–Crippen MR) is 133 cm³/mol. The van der Waals surface area contributed by atoms with E-state index in [1.165, 1.54) is 13.3 Å². The Hall–Kier alpha value is -3.36. The van der Waals surface area contributed by atoms with Crippen LogP contribution in [0.2, 0.25) is 0 Å². The molecular weight excluding hydrogens is 494 g/mol. The summed E-state index contributed by atoms with van der Waals surface area (Å²) >= 11 is 0. The normalized spacial score (nSPS) is 15.1. The van der Waals surface area contributed by atoms with Gasteiger partial charge in [-0.2, -0.15) is 0 Å². The van der Waals surface area contributed by atoms with E-state index in [9.17, 15) is 12.6 Å². The Bertz CT molecular complexity index is 1380. The van der Waals surface area contributed by atoms with Gasteiger partial charge in [0.05, 0.1) is 25.5 Å². The van der Waals surface area contributed by atoms with Gasteiger partial charge in [-0.15, -0.1) is 10.2 Å². The van der Waals surface area contributed by atoms with Crippen LogP contribution in [0.1, 0.15) is 11.5 Å². The van der Waals surface area contributed by atoms with Crippen molar-refractivity contribution < 1.29 is 21.8 Å². The van der Waals surface area contributed by atoms with E-state index in [4.69, 9.17) is 20.3 Å². The molecule has 0 amide bonds. The van der Waals surface area contributed by atoms with Crippen LogP contribution in [0.15, 0.2) is 28.8 Å². The Balaban J connectivity index is 1.69. The van der Waals surface area contributed by atoms with Gasteiger partial charge < -0.3 is 20.3 Å². The number of aromatic nitrogens is 3. The van der Waals surface area contributed by atoms with Gasteiger partial charge >= 0.3 is 0 Å². The Labute approximate surface area is 204 Å². The molecule has 2 aromatic heterocycles. The highest BCUT2D eigenvalue weighted by atomic mass is 32.2. The molecule has 35 heavy (non-hydrogen) atoms. The number of ether oxygens (including phenoxy) is 1. The number of hydrogen-bond acceptors (Lipinski definition) is 11. The van der Waals surface area contributed by atoms with E-state index in [1.807, 2.05) is 0 Å². The molecule has 0 aliphatic carbocycles. The highest BCUT2D eigenvalue weighted by Crippen LogP contribution is 2.35. The molecule has 4 N–H and O–H groups in total. The third-order valence-corrected chi connectivity index (χ3v) is 7.22. The van der Waals surface area contributed by atoms with Gasteiger partial charge in [0.25, 0.3) is 0 Å². The summed E-state index contributed by atoms with van der Waals surface area (Å²) in [5, 5.41) is 16.1. The second kappa shape index (κ2) is 10.1. The van der Waals surface area contributed by atoms with Crippen molar-refractivity contribution in [2.75, 3.05) is 48.4 Å². The molecule has 12 nitrogen and oxygen atoms in total. The highest BCUT2D eigenvalue weighted by molar-refractivity contribution is 7.92. The largest absolute Gasteiger partial charge is 0.480 e. The summed E-state index contributed by atoms with van der Waals surface area (Å²) in [7, 11) is -2.96. The summed E-state index contributed by atoms with van der Waals surface area (Å²) in [6, 6.07) is 4.96. The number of benzene rings is 1. The van der Waals surface area contributed by atoms with Crippen LogP contribution < -0.4 is 15.2 Å². The minimum Gasteiger partial charge on any atom is -0.480 e. The van der Waals surface area contributed by atoms with Crippen molar-refractivity contribution in [1.29, 1.82) is 5.41 Å². The van der Waals surface area contributed by atoms with E-state index in [0.29, 0.717) is 65.0 Å². The number of methoxy groups -OCH3 is 1. The quantitative estimate of drug-likeness (QED) is 0.290. The first-order valence-corrected chi connectivity index (χ1v) is 13.9. The van der Waals surface area contributed by atoms with Gasteiger partial charge in [0.1, 0.15) is 5.69 Å². The average Bonchev–Trinajstić information content (AvgIpc) is 3.27. The van der Waals surface area contributed by atoms with E-state index in [1.54, 1.807) is 18.2 Å². The van der Waals surface area contributed by atoms with Gasteiger partial charge in [-0.1, -0.05) is 0 Å². The number of nitrogens with zero attached hydrogens (tertiary/aromatic N) is 4. The van der Waals surface area contributed by atoms with Crippen molar-refractivity contribution in [1.82, 2.24) is 20.1 Å². The zero-order chi connectivity index (χ0) is 25.2. The third-order valence-electron chi connectivity index (χ3n) is 5.36. The van der Waals surface area contributed by atoms with Crippen molar-refractivity contribution in [3.05, 3.63) is 35.9 Å². The maximum absolute atomic E-state index is 11.8. The molecule has 1 fully saturated rings. The van der Waals surface area contributed by atoms with E-state index in [0.717, 1.165) is 12.5 Å². The molecule has 3 aromatic rings. The van der Waals surface area contributed by atoms with Gasteiger partial charge in [-0.3, -0.25) is 13.8 Å². The molecule has 4 rings (SSSR count). The molecule has 0 atom stereocenters. The summed E-state index contributed by atoms with van der Waals surface area (Å²) in [5.74, 6) is 1.95. The fourth-order valence-corrected chi connectivity index (χ4v) is 5.35. The molecule has 0 spiro atoms. The first-order valence-electron chi connectivity index (χ1n) is 10.5. The summed E-state index contributed by atoms with van der Waals surface area (Å²) in [6.07, 6.45) is 3.67. The van der Waals surface area contributed by atoms with E-state index >= 15 is 0 Å². The molecule has 0 bridgehead atoms. The molecule has 0 saturated carbocycles. The standard InChI is InChI=1S/C21H25N7O5S2/c1-32-21-18(27-35(2,30)31)9-14(11-24-21)13-7-15(16(10-22)17(23)8-13)20-26-25-19(33-20)12-28-3-5-34(29)6-4-28/h7-11,22,27H,3-6,12,23H2,1-2H3. The van der Waals surface area contributed by atoms with Gasteiger partial charge in [-0.05, 0) is 23.8 Å². The summed E-state index contributed by atoms with van der Waals surface area (Å²) < 4.78 is 48.6. The van der Waals surface area contributed by atoms with E-state index < -0.39 is 20.8 Å². The Morgan fingerprint density at radius 3 is 2.66 bits per heavy atom. The smallest absolute Gasteiger partial charge is 0.248 e. The molecular formula is C21H25N7O5S2.